The number of nitrogens with zero attached hydrogens (tertiary/aromatic N) is 6. The first-order chi connectivity index (χ1) is 19.2. The number of alkyl halides is 1. The second kappa shape index (κ2) is 10.5. The van der Waals surface area contributed by atoms with Crippen molar-refractivity contribution in [2.75, 3.05) is 19.4 Å². The Hall–Kier alpha value is -3.38. The van der Waals surface area contributed by atoms with Crippen LogP contribution in [0.5, 0.6) is 0 Å². The molecule has 0 unspecified atom stereocenters. The molecular weight excluding hydrogens is 579 g/mol. The number of imidazole rings is 1. The van der Waals surface area contributed by atoms with Crippen molar-refractivity contribution in [1.29, 1.82) is 0 Å². The van der Waals surface area contributed by atoms with Crippen LogP contribution in [0.2, 0.25) is 10.0 Å². The van der Waals surface area contributed by atoms with Crippen molar-refractivity contribution >= 4 is 56.5 Å². The second-order valence-electron chi connectivity index (χ2n) is 9.89. The number of nitrogens with one attached hydrogen (secondary N) is 1. The lowest BCUT2D eigenvalue weighted by atomic mass is 10.0. The minimum absolute atomic E-state index is 0.137. The van der Waals surface area contributed by atoms with E-state index in [1.165, 1.54) is 28.4 Å². The Morgan fingerprint density at radius 2 is 2.10 bits per heavy atom. The van der Waals surface area contributed by atoms with Gasteiger partial charge in [0.2, 0.25) is 0 Å². The highest BCUT2D eigenvalue weighted by atomic mass is 35.5. The van der Waals surface area contributed by atoms with Crippen LogP contribution in [0.1, 0.15) is 23.0 Å². The molecule has 6 rings (SSSR count). The quantitative estimate of drug-likeness (QED) is 0.248. The van der Waals surface area contributed by atoms with Gasteiger partial charge in [-0.1, -0.05) is 35.3 Å². The van der Waals surface area contributed by atoms with Gasteiger partial charge in [0.1, 0.15) is 17.5 Å². The van der Waals surface area contributed by atoms with Crippen molar-refractivity contribution < 1.29 is 13.6 Å². The molecule has 1 N–H and O–H groups in total. The predicted molar refractivity (Wildman–Crippen MR) is 152 cm³/mol. The lowest BCUT2D eigenvalue weighted by molar-refractivity contribution is -0.118. The topological polar surface area (TPSA) is 80.9 Å². The summed E-state index contributed by atoms with van der Waals surface area (Å²) in [5.41, 5.74) is 2.95. The molecule has 206 valence electrons. The molecule has 0 radical (unpaired) electrons. The van der Waals surface area contributed by atoms with E-state index in [4.69, 9.17) is 23.2 Å². The summed E-state index contributed by atoms with van der Waals surface area (Å²) >= 11 is 14.8. The van der Waals surface area contributed by atoms with Crippen molar-refractivity contribution in [3.05, 3.63) is 81.2 Å². The lowest BCUT2D eigenvalue weighted by Gasteiger charge is -2.16. The molecular formula is C27H23Cl2F2N7OS. The Labute approximate surface area is 242 Å². The molecule has 0 saturated heterocycles. The van der Waals surface area contributed by atoms with Crippen molar-refractivity contribution in [3.8, 4) is 11.1 Å². The maximum atomic E-state index is 14.9. The molecule has 1 amide bonds. The van der Waals surface area contributed by atoms with Crippen molar-refractivity contribution in [2.45, 2.75) is 31.7 Å². The Balaban J connectivity index is 1.45. The van der Waals surface area contributed by atoms with Crippen LogP contribution >= 0.6 is 34.5 Å². The van der Waals surface area contributed by atoms with E-state index in [0.29, 0.717) is 55.7 Å². The van der Waals surface area contributed by atoms with Gasteiger partial charge in [-0.2, -0.15) is 5.10 Å². The largest absolute Gasteiger partial charge is 0.331 e. The fraction of sp³-hybridized carbons (Fsp3) is 0.259. The zero-order chi connectivity index (χ0) is 28.1. The van der Waals surface area contributed by atoms with Crippen molar-refractivity contribution in [2.24, 2.45) is 0 Å². The van der Waals surface area contributed by atoms with Gasteiger partial charge in [0, 0.05) is 52.9 Å². The maximum Gasteiger partial charge on any atom is 0.257 e. The number of rotatable bonds is 7. The third kappa shape index (κ3) is 4.87. The van der Waals surface area contributed by atoms with Crippen LogP contribution in [0.15, 0.2) is 48.4 Å². The molecule has 40 heavy (non-hydrogen) atoms. The van der Waals surface area contributed by atoms with Crippen LogP contribution < -0.4 is 5.32 Å². The number of carbonyl (C=O) groups excluding carboxylic acids is 1. The summed E-state index contributed by atoms with van der Waals surface area (Å²) in [6, 6.07) is 5.54. The normalized spacial score (nSPS) is 15.6. The Morgan fingerprint density at radius 1 is 1.27 bits per heavy atom. The van der Waals surface area contributed by atoms with Crippen LogP contribution in [-0.4, -0.2) is 55.4 Å². The first-order valence-corrected chi connectivity index (χ1v) is 14.0. The van der Waals surface area contributed by atoms with E-state index in [1.807, 2.05) is 19.0 Å². The van der Waals surface area contributed by atoms with E-state index in [0.717, 1.165) is 0 Å². The fourth-order valence-electron chi connectivity index (χ4n) is 5.00. The monoisotopic (exact) mass is 601 g/mol. The van der Waals surface area contributed by atoms with Gasteiger partial charge in [-0.05, 0) is 31.8 Å². The molecule has 13 heteroatoms. The van der Waals surface area contributed by atoms with Gasteiger partial charge in [0.15, 0.2) is 11.2 Å². The second-order valence-corrected chi connectivity index (χ2v) is 11.6. The molecule has 0 saturated carbocycles. The van der Waals surface area contributed by atoms with Gasteiger partial charge in [-0.3, -0.25) is 14.8 Å². The molecule has 1 aliphatic rings. The standard InChI is InChI=1S/C27H23Cl2F2N7OS/c1-36(2)10-15-4-3-14(7-20(15)31)17-9-19(28)18-12-38(35-23(18)22(17)29)25(26(39)34-27-32-5-6-40-27)24-21-8-16(30)11-37(21)13-33-24/h3-7,9,12-13,16,25H,8,10-11H2,1-2H3,(H,32,34,39)/t16-,25-/m1/s1. The number of halogens is 4. The summed E-state index contributed by atoms with van der Waals surface area (Å²) < 4.78 is 32.3. The molecule has 0 fully saturated rings. The number of fused-ring (bicyclic) bond motifs is 2. The first kappa shape index (κ1) is 26.8. The van der Waals surface area contributed by atoms with E-state index >= 15 is 0 Å². The average molecular weight is 602 g/mol. The summed E-state index contributed by atoms with van der Waals surface area (Å²) in [5.74, 6) is -0.805. The summed E-state index contributed by atoms with van der Waals surface area (Å²) in [4.78, 5) is 24.1. The number of aromatic nitrogens is 5. The summed E-state index contributed by atoms with van der Waals surface area (Å²) in [7, 11) is 3.74. The molecule has 0 bridgehead atoms. The maximum absolute atomic E-state index is 14.9. The van der Waals surface area contributed by atoms with Crippen molar-refractivity contribution in [3.63, 3.8) is 0 Å². The Morgan fingerprint density at radius 3 is 2.83 bits per heavy atom. The van der Waals surface area contributed by atoms with Crippen LogP contribution in [0.3, 0.4) is 0 Å². The molecule has 2 atom stereocenters. The Kier molecular flexibility index (Phi) is 7.07. The molecule has 0 spiro atoms. The minimum atomic E-state index is -1.06. The third-order valence-corrected chi connectivity index (χ3v) is 8.16. The molecule has 8 nitrogen and oxygen atoms in total. The van der Waals surface area contributed by atoms with Crippen LogP contribution in [0.4, 0.5) is 13.9 Å². The van der Waals surface area contributed by atoms with Gasteiger partial charge in [0.05, 0.1) is 28.6 Å². The zero-order valence-corrected chi connectivity index (χ0v) is 23.7. The van der Waals surface area contributed by atoms with E-state index in [2.05, 4.69) is 20.4 Å². The number of hydrogen-bond acceptors (Lipinski definition) is 6. The first-order valence-electron chi connectivity index (χ1n) is 12.4. The van der Waals surface area contributed by atoms with Gasteiger partial charge in [-0.15, -0.1) is 11.3 Å². The number of thiazole rings is 1. The number of amides is 1. The highest BCUT2D eigenvalue weighted by Crippen LogP contribution is 2.40. The third-order valence-electron chi connectivity index (χ3n) is 6.78. The lowest BCUT2D eigenvalue weighted by Crippen LogP contribution is -2.28. The number of hydrogen-bond donors (Lipinski definition) is 1. The number of carbonyl (C=O) groups is 1. The van der Waals surface area contributed by atoms with E-state index < -0.39 is 18.1 Å². The van der Waals surface area contributed by atoms with Crippen LogP contribution in [-0.2, 0) is 24.3 Å². The summed E-state index contributed by atoms with van der Waals surface area (Å²) in [5, 5.41) is 10.7. The van der Waals surface area contributed by atoms with Gasteiger partial charge in [-0.25, -0.2) is 18.7 Å². The number of benzene rings is 2. The highest BCUT2D eigenvalue weighted by molar-refractivity contribution is 7.13. The Bertz CT molecular complexity index is 1730. The van der Waals surface area contributed by atoms with Crippen LogP contribution in [0, 0.1) is 5.82 Å². The molecule has 1 aliphatic heterocycles. The predicted octanol–water partition coefficient (Wildman–Crippen LogP) is 5.99. The smallest absolute Gasteiger partial charge is 0.257 e. The van der Waals surface area contributed by atoms with Gasteiger partial charge in [0.25, 0.3) is 5.91 Å². The average Bonchev–Trinajstić information content (AvgIpc) is 3.69. The van der Waals surface area contributed by atoms with E-state index in [-0.39, 0.29) is 23.8 Å². The molecule has 0 aliphatic carbocycles. The SMILES string of the molecule is CN(C)Cc1ccc(-c2cc(Cl)c3cn([C@@H](C(=O)Nc4nccs4)c4ncn5c4C[C@@H](F)C5)nc3c2Cl)cc1F. The minimum Gasteiger partial charge on any atom is -0.331 e. The van der Waals surface area contributed by atoms with Crippen LogP contribution in [0.25, 0.3) is 22.0 Å². The molecule has 3 aromatic heterocycles. The number of anilines is 1. The van der Waals surface area contributed by atoms with E-state index in [1.54, 1.807) is 40.5 Å². The molecule has 4 heterocycles. The van der Waals surface area contributed by atoms with Gasteiger partial charge >= 0.3 is 0 Å². The molecule has 2 aromatic carbocycles. The summed E-state index contributed by atoms with van der Waals surface area (Å²) in [6.45, 7) is 0.629. The zero-order valence-electron chi connectivity index (χ0n) is 21.4. The fourth-order valence-corrected chi connectivity index (χ4v) is 6.08. The molecule has 5 aromatic rings. The van der Waals surface area contributed by atoms with E-state index in [9.17, 15) is 13.6 Å². The van der Waals surface area contributed by atoms with Gasteiger partial charge < -0.3 is 9.47 Å². The summed E-state index contributed by atoms with van der Waals surface area (Å²) in [6.07, 6.45) is 3.80. The van der Waals surface area contributed by atoms with Crippen molar-refractivity contribution in [1.82, 2.24) is 29.2 Å². The highest BCUT2D eigenvalue weighted by Gasteiger charge is 2.34.